The number of aryl methyl sites for hydroxylation is 2. The van der Waals surface area contributed by atoms with E-state index in [0.29, 0.717) is 24.8 Å². The Balaban J connectivity index is 2.03. The average molecular weight is 295 g/mol. The van der Waals surface area contributed by atoms with Crippen LogP contribution in [0.4, 0.5) is 8.78 Å². The van der Waals surface area contributed by atoms with Crippen LogP contribution in [0.1, 0.15) is 49.3 Å². The van der Waals surface area contributed by atoms with Crippen LogP contribution in [0.25, 0.3) is 0 Å². The number of likely N-dealkylation sites (N-methyl/N-ethyl adjacent to an activating group) is 1. The van der Waals surface area contributed by atoms with Gasteiger partial charge in [-0.15, -0.1) is 0 Å². The highest BCUT2D eigenvalue weighted by Gasteiger charge is 2.37. The molecule has 3 heteroatoms. The van der Waals surface area contributed by atoms with Crippen LogP contribution in [0.2, 0.25) is 0 Å². The second-order valence-electron chi connectivity index (χ2n) is 6.48. The van der Waals surface area contributed by atoms with Crippen LogP contribution in [0, 0.1) is 19.8 Å². The fraction of sp³-hybridized carbons (Fsp3) is 0.667. The Morgan fingerprint density at radius 1 is 1.19 bits per heavy atom. The Hall–Kier alpha value is -0.960. The summed E-state index contributed by atoms with van der Waals surface area (Å²) in [7, 11) is 0. The molecule has 1 aliphatic carbocycles. The monoisotopic (exact) mass is 295 g/mol. The van der Waals surface area contributed by atoms with Crippen molar-refractivity contribution in [1.29, 1.82) is 0 Å². The third-order valence-corrected chi connectivity index (χ3v) is 4.82. The van der Waals surface area contributed by atoms with Crippen molar-refractivity contribution in [2.75, 3.05) is 6.54 Å². The summed E-state index contributed by atoms with van der Waals surface area (Å²) in [5, 5.41) is 3.52. The van der Waals surface area contributed by atoms with Gasteiger partial charge in [0, 0.05) is 18.9 Å². The lowest BCUT2D eigenvalue weighted by molar-refractivity contribution is -0.0494. The molecular formula is C18H27F2N. The normalized spacial score (nSPS) is 20.4. The van der Waals surface area contributed by atoms with Crippen molar-refractivity contribution in [3.63, 3.8) is 0 Å². The van der Waals surface area contributed by atoms with Crippen molar-refractivity contribution in [2.45, 2.75) is 64.8 Å². The summed E-state index contributed by atoms with van der Waals surface area (Å²) in [5.74, 6) is -2.07. The summed E-state index contributed by atoms with van der Waals surface area (Å²) in [5.41, 5.74) is 3.91. The van der Waals surface area contributed by atoms with Crippen LogP contribution in [-0.2, 0) is 6.42 Å². The molecule has 1 N–H and O–H groups in total. The second-order valence-corrected chi connectivity index (χ2v) is 6.48. The quantitative estimate of drug-likeness (QED) is 0.833. The molecule has 0 spiro atoms. The molecule has 0 bridgehead atoms. The minimum atomic E-state index is -2.44. The Kier molecular flexibility index (Phi) is 5.37. The molecule has 1 aliphatic rings. The van der Waals surface area contributed by atoms with Gasteiger partial charge in [0.15, 0.2) is 0 Å². The first-order valence-electron chi connectivity index (χ1n) is 8.08. The molecule has 1 fully saturated rings. The summed E-state index contributed by atoms with van der Waals surface area (Å²) in [6.45, 7) is 7.22. The SMILES string of the molecule is CCNC(Cc1ccc(C)c(C)c1)C1CCC(F)(F)CC1. The van der Waals surface area contributed by atoms with Crippen LogP contribution < -0.4 is 5.32 Å². The first-order chi connectivity index (χ1) is 9.91. The molecule has 0 heterocycles. The number of rotatable bonds is 5. The molecule has 0 amide bonds. The number of hydrogen-bond donors (Lipinski definition) is 1. The molecule has 1 saturated carbocycles. The zero-order valence-electron chi connectivity index (χ0n) is 13.4. The summed E-state index contributed by atoms with van der Waals surface area (Å²) in [6, 6.07) is 6.87. The van der Waals surface area contributed by atoms with Gasteiger partial charge in [-0.3, -0.25) is 0 Å². The maximum atomic E-state index is 13.3. The number of benzene rings is 1. The molecule has 1 nitrogen and oxygen atoms in total. The van der Waals surface area contributed by atoms with Crippen molar-refractivity contribution in [1.82, 2.24) is 5.32 Å². The van der Waals surface area contributed by atoms with E-state index < -0.39 is 5.92 Å². The standard InChI is InChI=1S/C18H27F2N/c1-4-21-17(16-7-9-18(19,20)10-8-16)12-15-6-5-13(2)14(3)11-15/h5-6,11,16-17,21H,4,7-10,12H2,1-3H3. The van der Waals surface area contributed by atoms with Crippen LogP contribution in [0.3, 0.4) is 0 Å². The minimum absolute atomic E-state index is 0.0481. The van der Waals surface area contributed by atoms with Gasteiger partial charge >= 0.3 is 0 Å². The van der Waals surface area contributed by atoms with E-state index in [1.165, 1.54) is 16.7 Å². The van der Waals surface area contributed by atoms with Crippen LogP contribution in [-0.4, -0.2) is 18.5 Å². The van der Waals surface area contributed by atoms with Crippen molar-refractivity contribution in [3.05, 3.63) is 34.9 Å². The number of nitrogens with one attached hydrogen (secondary N) is 1. The summed E-state index contributed by atoms with van der Waals surface area (Å²) >= 11 is 0. The lowest BCUT2D eigenvalue weighted by atomic mass is 9.80. The highest BCUT2D eigenvalue weighted by Crippen LogP contribution is 2.38. The van der Waals surface area contributed by atoms with Gasteiger partial charge < -0.3 is 5.32 Å². The van der Waals surface area contributed by atoms with Crippen LogP contribution in [0.15, 0.2) is 18.2 Å². The van der Waals surface area contributed by atoms with E-state index in [0.717, 1.165) is 13.0 Å². The Bertz CT molecular complexity index is 460. The molecule has 1 unspecified atom stereocenters. The second kappa shape index (κ2) is 6.87. The largest absolute Gasteiger partial charge is 0.314 e. The van der Waals surface area contributed by atoms with Gasteiger partial charge in [-0.25, -0.2) is 8.78 Å². The fourth-order valence-corrected chi connectivity index (χ4v) is 3.32. The third kappa shape index (κ3) is 4.50. The molecule has 0 aliphatic heterocycles. The zero-order chi connectivity index (χ0) is 15.5. The lowest BCUT2D eigenvalue weighted by Crippen LogP contribution is -2.41. The minimum Gasteiger partial charge on any atom is -0.314 e. The topological polar surface area (TPSA) is 12.0 Å². The molecule has 1 aromatic rings. The summed E-state index contributed by atoms with van der Waals surface area (Å²) < 4.78 is 26.7. The van der Waals surface area contributed by atoms with E-state index in [4.69, 9.17) is 0 Å². The van der Waals surface area contributed by atoms with Crippen LogP contribution in [0.5, 0.6) is 0 Å². The molecule has 1 aromatic carbocycles. The molecule has 0 radical (unpaired) electrons. The van der Waals surface area contributed by atoms with Crippen molar-refractivity contribution < 1.29 is 8.78 Å². The van der Waals surface area contributed by atoms with Gasteiger partial charge in [-0.05, 0) is 62.3 Å². The summed E-state index contributed by atoms with van der Waals surface area (Å²) in [4.78, 5) is 0. The Morgan fingerprint density at radius 2 is 1.86 bits per heavy atom. The highest BCUT2D eigenvalue weighted by atomic mass is 19.3. The van der Waals surface area contributed by atoms with E-state index in [2.05, 4.69) is 44.3 Å². The first kappa shape index (κ1) is 16.4. The van der Waals surface area contributed by atoms with Crippen LogP contribution >= 0.6 is 0 Å². The molecule has 1 atom stereocenters. The van der Waals surface area contributed by atoms with E-state index in [1.54, 1.807) is 0 Å². The van der Waals surface area contributed by atoms with Gasteiger partial charge in [0.05, 0.1) is 0 Å². The fourth-order valence-electron chi connectivity index (χ4n) is 3.32. The third-order valence-electron chi connectivity index (χ3n) is 4.82. The van der Waals surface area contributed by atoms with E-state index in [9.17, 15) is 8.78 Å². The van der Waals surface area contributed by atoms with E-state index in [-0.39, 0.29) is 12.8 Å². The van der Waals surface area contributed by atoms with Crippen molar-refractivity contribution in [2.24, 2.45) is 5.92 Å². The molecule has 118 valence electrons. The van der Waals surface area contributed by atoms with Crippen molar-refractivity contribution in [3.8, 4) is 0 Å². The smallest absolute Gasteiger partial charge is 0.248 e. The zero-order valence-corrected chi connectivity index (χ0v) is 13.4. The molecule has 0 saturated heterocycles. The molecule has 21 heavy (non-hydrogen) atoms. The Morgan fingerprint density at radius 3 is 2.43 bits per heavy atom. The maximum absolute atomic E-state index is 13.3. The molecular weight excluding hydrogens is 268 g/mol. The summed E-state index contributed by atoms with van der Waals surface area (Å²) in [6.07, 6.45) is 2.30. The first-order valence-corrected chi connectivity index (χ1v) is 8.08. The Labute approximate surface area is 127 Å². The number of hydrogen-bond acceptors (Lipinski definition) is 1. The number of halogens is 2. The highest BCUT2D eigenvalue weighted by molar-refractivity contribution is 5.30. The van der Waals surface area contributed by atoms with Gasteiger partial charge in [-0.2, -0.15) is 0 Å². The predicted molar refractivity (Wildman–Crippen MR) is 84.0 cm³/mol. The average Bonchev–Trinajstić information content (AvgIpc) is 2.42. The predicted octanol–water partition coefficient (Wildman–Crippen LogP) is 4.65. The lowest BCUT2D eigenvalue weighted by Gasteiger charge is -2.34. The van der Waals surface area contributed by atoms with Gasteiger partial charge in [-0.1, -0.05) is 25.1 Å². The molecule has 0 aromatic heterocycles. The molecule has 2 rings (SSSR count). The van der Waals surface area contributed by atoms with E-state index in [1.807, 2.05) is 0 Å². The maximum Gasteiger partial charge on any atom is 0.248 e. The van der Waals surface area contributed by atoms with Gasteiger partial charge in [0.2, 0.25) is 5.92 Å². The van der Waals surface area contributed by atoms with Crippen molar-refractivity contribution >= 4 is 0 Å². The van der Waals surface area contributed by atoms with Gasteiger partial charge in [0.25, 0.3) is 0 Å². The number of alkyl halides is 2. The van der Waals surface area contributed by atoms with Gasteiger partial charge in [0.1, 0.15) is 0 Å². The van der Waals surface area contributed by atoms with E-state index >= 15 is 0 Å².